The van der Waals surface area contributed by atoms with Crippen molar-refractivity contribution >= 4 is 11.8 Å². The van der Waals surface area contributed by atoms with E-state index in [-0.39, 0.29) is 37.4 Å². The molecule has 2 heterocycles. The van der Waals surface area contributed by atoms with Gasteiger partial charge < -0.3 is 28.7 Å². The SMILES string of the molecule is CCOc1ccc(CC2c3cc(OCC)c(OCC)cc3CCN2C(=O)C2CC(=O)N(Cc3cccc(C(F)(F)F)c3)C2)cc1OCC. The maximum absolute atomic E-state index is 14.3. The fourth-order valence-corrected chi connectivity index (χ4v) is 6.57. The van der Waals surface area contributed by atoms with E-state index in [1.807, 2.05) is 62.9 Å². The van der Waals surface area contributed by atoms with Gasteiger partial charge in [-0.05, 0) is 99.2 Å². The molecule has 1 saturated heterocycles. The molecule has 2 aliphatic rings. The van der Waals surface area contributed by atoms with Crippen molar-refractivity contribution in [3.63, 3.8) is 0 Å². The van der Waals surface area contributed by atoms with Crippen LogP contribution in [0.5, 0.6) is 23.0 Å². The van der Waals surface area contributed by atoms with Crippen molar-refractivity contribution < 1.29 is 41.7 Å². The summed E-state index contributed by atoms with van der Waals surface area (Å²) in [5, 5.41) is 0. The Hall–Kier alpha value is -4.41. The fourth-order valence-electron chi connectivity index (χ4n) is 6.57. The molecule has 0 N–H and O–H groups in total. The Balaban J connectivity index is 1.45. The lowest BCUT2D eigenvalue weighted by Crippen LogP contribution is -2.44. The monoisotopic (exact) mass is 668 g/mol. The normalized spacial score (nSPS) is 17.7. The van der Waals surface area contributed by atoms with Crippen molar-refractivity contribution in [2.45, 2.75) is 65.7 Å². The molecule has 5 rings (SSSR count). The number of hydrogen-bond acceptors (Lipinski definition) is 6. The molecule has 2 unspecified atom stereocenters. The van der Waals surface area contributed by atoms with Gasteiger partial charge in [0, 0.05) is 26.1 Å². The van der Waals surface area contributed by atoms with Crippen LogP contribution in [-0.4, -0.2) is 61.1 Å². The van der Waals surface area contributed by atoms with Gasteiger partial charge in [0.15, 0.2) is 23.0 Å². The van der Waals surface area contributed by atoms with E-state index < -0.39 is 17.7 Å². The molecule has 3 aromatic rings. The van der Waals surface area contributed by atoms with E-state index in [1.165, 1.54) is 11.0 Å². The van der Waals surface area contributed by atoms with Crippen LogP contribution in [0.3, 0.4) is 0 Å². The van der Waals surface area contributed by atoms with E-state index in [0.29, 0.717) is 74.4 Å². The minimum absolute atomic E-state index is 0.00110. The maximum atomic E-state index is 14.3. The zero-order valence-corrected chi connectivity index (χ0v) is 27.9. The number of carbonyl (C=O) groups is 2. The molecule has 2 amide bonds. The van der Waals surface area contributed by atoms with Gasteiger partial charge in [-0.3, -0.25) is 9.59 Å². The highest BCUT2D eigenvalue weighted by Gasteiger charge is 2.41. The zero-order chi connectivity index (χ0) is 34.4. The predicted octanol–water partition coefficient (Wildman–Crippen LogP) is 7.02. The van der Waals surface area contributed by atoms with E-state index in [2.05, 4.69) is 0 Å². The first-order valence-electron chi connectivity index (χ1n) is 16.6. The van der Waals surface area contributed by atoms with Gasteiger partial charge in [-0.1, -0.05) is 18.2 Å². The lowest BCUT2D eigenvalue weighted by molar-refractivity contribution is -0.139. The molecule has 0 aromatic heterocycles. The summed E-state index contributed by atoms with van der Waals surface area (Å²) in [5.41, 5.74) is 2.54. The molecule has 0 aliphatic carbocycles. The maximum Gasteiger partial charge on any atom is 0.416 e. The molecule has 3 aromatic carbocycles. The molecule has 1 fully saturated rings. The number of amides is 2. The average Bonchev–Trinajstić information content (AvgIpc) is 3.42. The molecule has 0 saturated carbocycles. The van der Waals surface area contributed by atoms with Gasteiger partial charge in [0.2, 0.25) is 11.8 Å². The van der Waals surface area contributed by atoms with Crippen LogP contribution in [0.1, 0.15) is 68.0 Å². The quantitative estimate of drug-likeness (QED) is 0.195. The van der Waals surface area contributed by atoms with Gasteiger partial charge in [-0.25, -0.2) is 0 Å². The fraction of sp³-hybridized carbons (Fsp3) is 0.459. The Labute approximate surface area is 279 Å². The third-order valence-corrected chi connectivity index (χ3v) is 8.67. The number of ether oxygens (including phenoxy) is 4. The van der Waals surface area contributed by atoms with E-state index in [9.17, 15) is 22.8 Å². The molecule has 8 nitrogen and oxygen atoms in total. The second-order valence-corrected chi connectivity index (χ2v) is 11.9. The van der Waals surface area contributed by atoms with Gasteiger partial charge in [-0.2, -0.15) is 13.2 Å². The molecule has 48 heavy (non-hydrogen) atoms. The van der Waals surface area contributed by atoms with Crippen molar-refractivity contribution in [3.8, 4) is 23.0 Å². The van der Waals surface area contributed by atoms with Crippen molar-refractivity contribution in [2.75, 3.05) is 39.5 Å². The first-order valence-corrected chi connectivity index (χ1v) is 16.6. The second-order valence-electron chi connectivity index (χ2n) is 11.9. The van der Waals surface area contributed by atoms with Crippen molar-refractivity contribution in [1.29, 1.82) is 0 Å². The number of alkyl halides is 3. The number of rotatable bonds is 13. The molecule has 2 atom stereocenters. The highest BCUT2D eigenvalue weighted by molar-refractivity contribution is 5.89. The predicted molar refractivity (Wildman–Crippen MR) is 174 cm³/mol. The Bertz CT molecular complexity index is 1610. The van der Waals surface area contributed by atoms with Crippen molar-refractivity contribution in [3.05, 3.63) is 82.4 Å². The van der Waals surface area contributed by atoms with Gasteiger partial charge in [-0.15, -0.1) is 0 Å². The molecular formula is C37H43F3N2O6. The first kappa shape index (κ1) is 34.9. The summed E-state index contributed by atoms with van der Waals surface area (Å²) in [6.07, 6.45) is -3.42. The summed E-state index contributed by atoms with van der Waals surface area (Å²) in [7, 11) is 0. The molecule has 2 aliphatic heterocycles. The summed E-state index contributed by atoms with van der Waals surface area (Å²) in [6.45, 7) is 10.1. The molecule has 0 bridgehead atoms. The number of benzene rings is 3. The van der Waals surface area contributed by atoms with Crippen LogP contribution in [0.15, 0.2) is 54.6 Å². The van der Waals surface area contributed by atoms with E-state index in [4.69, 9.17) is 18.9 Å². The molecule has 0 spiro atoms. The summed E-state index contributed by atoms with van der Waals surface area (Å²) < 4.78 is 63.5. The van der Waals surface area contributed by atoms with Crippen LogP contribution < -0.4 is 18.9 Å². The lowest BCUT2D eigenvalue weighted by Gasteiger charge is -2.39. The average molecular weight is 669 g/mol. The number of nitrogens with zero attached hydrogens (tertiary/aromatic N) is 2. The molecule has 258 valence electrons. The number of hydrogen-bond donors (Lipinski definition) is 0. The zero-order valence-electron chi connectivity index (χ0n) is 27.9. The smallest absolute Gasteiger partial charge is 0.416 e. The number of halogens is 3. The Morgan fingerprint density at radius 1 is 0.812 bits per heavy atom. The van der Waals surface area contributed by atoms with Crippen LogP contribution in [0.2, 0.25) is 0 Å². The summed E-state index contributed by atoms with van der Waals surface area (Å²) >= 11 is 0. The second kappa shape index (κ2) is 15.2. The molecule has 11 heteroatoms. The summed E-state index contributed by atoms with van der Waals surface area (Å²) in [4.78, 5) is 30.8. The van der Waals surface area contributed by atoms with Crippen molar-refractivity contribution in [2.24, 2.45) is 5.92 Å². The van der Waals surface area contributed by atoms with Crippen LogP contribution in [0.25, 0.3) is 0 Å². The Morgan fingerprint density at radius 2 is 1.46 bits per heavy atom. The van der Waals surface area contributed by atoms with E-state index in [1.54, 1.807) is 6.07 Å². The topological polar surface area (TPSA) is 77.5 Å². The van der Waals surface area contributed by atoms with Crippen LogP contribution in [0, 0.1) is 5.92 Å². The van der Waals surface area contributed by atoms with Crippen LogP contribution >= 0.6 is 0 Å². The van der Waals surface area contributed by atoms with Gasteiger partial charge in [0.25, 0.3) is 0 Å². The summed E-state index contributed by atoms with van der Waals surface area (Å²) in [5.74, 6) is 1.48. The van der Waals surface area contributed by atoms with Gasteiger partial charge in [0.05, 0.1) is 44.0 Å². The minimum atomic E-state index is -4.48. The molecule has 0 radical (unpaired) electrons. The third kappa shape index (κ3) is 7.82. The lowest BCUT2D eigenvalue weighted by atomic mass is 9.87. The number of likely N-dealkylation sites (tertiary alicyclic amines) is 1. The highest BCUT2D eigenvalue weighted by atomic mass is 19.4. The minimum Gasteiger partial charge on any atom is -0.490 e. The number of carbonyl (C=O) groups excluding carboxylic acids is 2. The largest absolute Gasteiger partial charge is 0.490 e. The highest BCUT2D eigenvalue weighted by Crippen LogP contribution is 2.42. The standard InChI is InChI=1S/C37H43F3N2O6/c1-5-45-31-13-12-24(18-32(31)46-6-2)17-30-29-21-34(48-8-4)33(47-7-3)19-26(29)14-15-42(30)36(44)27-20-35(43)41(23-27)22-25-10-9-11-28(16-25)37(38,39)40/h9-13,16,18-19,21,27,30H,5-8,14-15,17,20,22-23H2,1-4H3. The van der Waals surface area contributed by atoms with E-state index in [0.717, 1.165) is 28.8 Å². The van der Waals surface area contributed by atoms with Crippen molar-refractivity contribution in [1.82, 2.24) is 9.80 Å². The third-order valence-electron chi connectivity index (χ3n) is 8.67. The number of fused-ring (bicyclic) bond motifs is 1. The van der Waals surface area contributed by atoms with Gasteiger partial charge >= 0.3 is 6.18 Å². The van der Waals surface area contributed by atoms with Crippen LogP contribution in [-0.2, 0) is 35.2 Å². The molecular weight excluding hydrogens is 625 g/mol. The Kier molecular flexibility index (Phi) is 11.1. The first-order chi connectivity index (χ1) is 23.1. The Morgan fingerprint density at radius 3 is 2.12 bits per heavy atom. The van der Waals surface area contributed by atoms with Crippen LogP contribution in [0.4, 0.5) is 13.2 Å². The van der Waals surface area contributed by atoms with E-state index >= 15 is 0 Å². The van der Waals surface area contributed by atoms with Gasteiger partial charge in [0.1, 0.15) is 0 Å². The summed E-state index contributed by atoms with van der Waals surface area (Å²) in [6, 6.07) is 14.3.